The van der Waals surface area contributed by atoms with E-state index in [2.05, 4.69) is 15.8 Å². The predicted molar refractivity (Wildman–Crippen MR) is 179 cm³/mol. The summed E-state index contributed by atoms with van der Waals surface area (Å²) in [6.07, 6.45) is 1.38. The van der Waals surface area contributed by atoms with E-state index in [4.69, 9.17) is 30.5 Å². The van der Waals surface area contributed by atoms with Crippen LogP contribution in [0.15, 0.2) is 101 Å². The van der Waals surface area contributed by atoms with E-state index in [-0.39, 0.29) is 28.8 Å². The highest BCUT2D eigenvalue weighted by molar-refractivity contribution is 7.92. The van der Waals surface area contributed by atoms with Crippen molar-refractivity contribution in [2.24, 2.45) is 5.10 Å². The van der Waals surface area contributed by atoms with E-state index in [0.717, 1.165) is 4.31 Å². The van der Waals surface area contributed by atoms with Gasteiger partial charge >= 0.3 is 0 Å². The molecule has 4 aromatic rings. The smallest absolute Gasteiger partial charge is 0.264 e. The highest BCUT2D eigenvalue weighted by atomic mass is 35.5. The summed E-state index contributed by atoms with van der Waals surface area (Å²) in [6, 6.07) is 24.0. The van der Waals surface area contributed by atoms with Gasteiger partial charge < -0.3 is 24.3 Å². The Kier molecular flexibility index (Phi) is 12.0. The van der Waals surface area contributed by atoms with Crippen molar-refractivity contribution in [3.8, 4) is 23.0 Å². The summed E-state index contributed by atoms with van der Waals surface area (Å²) in [5.74, 6) is 0.482. The van der Waals surface area contributed by atoms with Gasteiger partial charge in [-0.05, 0) is 85.3 Å². The predicted octanol–water partition coefficient (Wildman–Crippen LogP) is 5.12. The number of sulfonamides is 1. The first kappa shape index (κ1) is 34.6. The first-order chi connectivity index (χ1) is 22.6. The first-order valence-corrected chi connectivity index (χ1v) is 16.0. The van der Waals surface area contributed by atoms with Crippen LogP contribution in [0.2, 0.25) is 5.02 Å². The fourth-order valence-electron chi connectivity index (χ4n) is 4.19. The van der Waals surface area contributed by atoms with Gasteiger partial charge in [-0.1, -0.05) is 23.7 Å². The molecule has 0 bridgehead atoms. The monoisotopic (exact) mass is 680 g/mol. The third-order valence-corrected chi connectivity index (χ3v) is 8.57. The molecular weight excluding hydrogens is 648 g/mol. The Bertz CT molecular complexity index is 1820. The van der Waals surface area contributed by atoms with Crippen LogP contribution in [0.4, 0.5) is 11.4 Å². The van der Waals surface area contributed by atoms with E-state index >= 15 is 0 Å². The molecule has 246 valence electrons. The van der Waals surface area contributed by atoms with Crippen LogP contribution in [0.5, 0.6) is 23.0 Å². The second-order valence-electron chi connectivity index (χ2n) is 9.63. The number of rotatable bonds is 15. The first-order valence-electron chi connectivity index (χ1n) is 14.2. The molecule has 47 heavy (non-hydrogen) atoms. The summed E-state index contributed by atoms with van der Waals surface area (Å²) in [6.45, 7) is 1.46. The fourth-order valence-corrected chi connectivity index (χ4v) is 5.81. The number of benzene rings is 4. The molecule has 0 saturated heterocycles. The molecule has 0 unspecified atom stereocenters. The van der Waals surface area contributed by atoms with Gasteiger partial charge in [0.1, 0.15) is 18.0 Å². The van der Waals surface area contributed by atoms with Crippen molar-refractivity contribution in [2.45, 2.75) is 11.8 Å². The van der Waals surface area contributed by atoms with Crippen LogP contribution >= 0.6 is 11.6 Å². The molecule has 0 saturated carbocycles. The Morgan fingerprint density at radius 1 is 0.851 bits per heavy atom. The maximum atomic E-state index is 13.8. The Balaban J connectivity index is 1.41. The largest absolute Gasteiger partial charge is 0.494 e. The number of para-hydroxylation sites is 1. The second-order valence-corrected chi connectivity index (χ2v) is 11.9. The average Bonchev–Trinajstić information content (AvgIpc) is 3.08. The van der Waals surface area contributed by atoms with Crippen LogP contribution in [0.25, 0.3) is 0 Å². The van der Waals surface area contributed by atoms with Crippen molar-refractivity contribution in [3.63, 3.8) is 0 Å². The molecule has 0 atom stereocenters. The zero-order chi connectivity index (χ0) is 33.8. The lowest BCUT2D eigenvalue weighted by Crippen LogP contribution is -2.39. The van der Waals surface area contributed by atoms with Crippen LogP contribution in [0, 0.1) is 0 Å². The minimum Gasteiger partial charge on any atom is -0.494 e. The molecule has 0 radical (unpaired) electrons. The number of carbonyl (C=O) groups is 2. The number of ether oxygens (including phenoxy) is 4. The lowest BCUT2D eigenvalue weighted by atomic mass is 10.2. The molecule has 0 aliphatic carbocycles. The van der Waals surface area contributed by atoms with E-state index < -0.39 is 22.5 Å². The van der Waals surface area contributed by atoms with Crippen LogP contribution in [0.3, 0.4) is 0 Å². The third kappa shape index (κ3) is 9.37. The number of methoxy groups -OCH3 is 2. The minimum absolute atomic E-state index is 0.107. The maximum Gasteiger partial charge on any atom is 0.264 e. The molecule has 0 heterocycles. The fraction of sp³-hybridized carbons (Fsp3) is 0.182. The van der Waals surface area contributed by atoms with Crippen molar-refractivity contribution in [2.75, 3.05) is 43.6 Å². The molecule has 0 spiro atoms. The molecular formula is C33H33ClN4O8S. The Hall–Kier alpha value is -5.27. The molecule has 14 heteroatoms. The van der Waals surface area contributed by atoms with E-state index in [1.54, 1.807) is 72.8 Å². The molecule has 0 aromatic heterocycles. The van der Waals surface area contributed by atoms with Gasteiger partial charge in [0.2, 0.25) is 0 Å². The van der Waals surface area contributed by atoms with E-state index in [1.165, 1.54) is 38.6 Å². The van der Waals surface area contributed by atoms with Crippen LogP contribution < -0.4 is 34.0 Å². The number of nitrogens with one attached hydrogen (secondary N) is 2. The molecule has 2 N–H and O–H groups in total. The summed E-state index contributed by atoms with van der Waals surface area (Å²) in [4.78, 5) is 25.1. The number of halogens is 1. The quantitative estimate of drug-likeness (QED) is 0.130. The van der Waals surface area contributed by atoms with Crippen LogP contribution in [-0.4, -0.2) is 60.4 Å². The summed E-state index contributed by atoms with van der Waals surface area (Å²) >= 11 is 6.06. The van der Waals surface area contributed by atoms with Crippen molar-refractivity contribution < 1.29 is 37.0 Å². The number of amides is 2. The number of nitrogens with zero attached hydrogens (tertiary/aromatic N) is 2. The number of anilines is 2. The molecule has 2 amide bonds. The highest BCUT2D eigenvalue weighted by Gasteiger charge is 2.28. The van der Waals surface area contributed by atoms with Crippen molar-refractivity contribution >= 4 is 51.0 Å². The number of hydrazone groups is 1. The Labute approximate surface area is 277 Å². The standard InChI is InChI=1S/C33H33ClN4O8S/c1-4-45-25-15-11-24(12-16-25)38(47(41,42)27-17-18-30(43-2)31(19-27)44-3)21-32(39)37-35-20-23-9-13-26(14-10-23)46-22-33(40)36-29-8-6-5-7-28(29)34/h5-20H,4,21-22H2,1-3H3,(H,36,40)(H,37,39)/b35-20-. The summed E-state index contributed by atoms with van der Waals surface area (Å²) < 4.78 is 50.1. The zero-order valence-electron chi connectivity index (χ0n) is 25.8. The number of hydrogen-bond acceptors (Lipinski definition) is 9. The minimum atomic E-state index is -4.25. The normalized spacial score (nSPS) is 11.1. The van der Waals surface area contributed by atoms with Gasteiger partial charge in [0.15, 0.2) is 18.1 Å². The maximum absolute atomic E-state index is 13.8. The zero-order valence-corrected chi connectivity index (χ0v) is 27.4. The van der Waals surface area contributed by atoms with Crippen molar-refractivity contribution in [1.82, 2.24) is 5.43 Å². The van der Waals surface area contributed by atoms with Gasteiger partial charge in [0.25, 0.3) is 21.8 Å². The molecule has 0 aliphatic heterocycles. The summed E-state index contributed by atoms with van der Waals surface area (Å²) in [7, 11) is -1.41. The third-order valence-electron chi connectivity index (χ3n) is 6.47. The molecule has 0 fully saturated rings. The lowest BCUT2D eigenvalue weighted by molar-refractivity contribution is -0.119. The van der Waals surface area contributed by atoms with Gasteiger partial charge in [-0.25, -0.2) is 13.8 Å². The Morgan fingerprint density at radius 3 is 2.17 bits per heavy atom. The van der Waals surface area contributed by atoms with E-state index in [1.807, 2.05) is 6.92 Å². The van der Waals surface area contributed by atoms with Crippen molar-refractivity contribution in [1.29, 1.82) is 0 Å². The molecule has 4 rings (SSSR count). The molecule has 12 nitrogen and oxygen atoms in total. The topological polar surface area (TPSA) is 145 Å². The van der Waals surface area contributed by atoms with Gasteiger partial charge in [-0.2, -0.15) is 5.10 Å². The van der Waals surface area contributed by atoms with Gasteiger partial charge in [-0.3, -0.25) is 13.9 Å². The van der Waals surface area contributed by atoms with Crippen LogP contribution in [0.1, 0.15) is 12.5 Å². The number of carbonyl (C=O) groups excluding carboxylic acids is 2. The number of hydrogen-bond donors (Lipinski definition) is 2. The summed E-state index contributed by atoms with van der Waals surface area (Å²) in [5.41, 5.74) is 3.70. The second kappa shape index (κ2) is 16.3. The van der Waals surface area contributed by atoms with Gasteiger partial charge in [-0.15, -0.1) is 0 Å². The molecule has 4 aromatic carbocycles. The molecule has 0 aliphatic rings. The SMILES string of the molecule is CCOc1ccc(N(CC(=O)N/N=C\c2ccc(OCC(=O)Nc3ccccc3Cl)cc2)S(=O)(=O)c2ccc(OC)c(OC)c2)cc1. The van der Waals surface area contributed by atoms with Gasteiger partial charge in [0.05, 0.1) is 48.3 Å². The summed E-state index contributed by atoms with van der Waals surface area (Å²) in [5, 5.41) is 7.06. The van der Waals surface area contributed by atoms with Gasteiger partial charge in [0, 0.05) is 6.07 Å². The Morgan fingerprint density at radius 2 is 1.51 bits per heavy atom. The average molecular weight is 681 g/mol. The lowest BCUT2D eigenvalue weighted by Gasteiger charge is -2.24. The highest BCUT2D eigenvalue weighted by Crippen LogP contribution is 2.32. The van der Waals surface area contributed by atoms with E-state index in [0.29, 0.717) is 40.1 Å². The van der Waals surface area contributed by atoms with Crippen molar-refractivity contribution in [3.05, 3.63) is 102 Å². The van der Waals surface area contributed by atoms with Crippen LogP contribution in [-0.2, 0) is 19.6 Å². The van der Waals surface area contributed by atoms with E-state index in [9.17, 15) is 18.0 Å².